The van der Waals surface area contributed by atoms with Crippen molar-refractivity contribution in [3.8, 4) is 0 Å². The van der Waals surface area contributed by atoms with E-state index >= 15 is 0 Å². The van der Waals surface area contributed by atoms with E-state index in [-0.39, 0.29) is 5.97 Å². The molecule has 0 aromatic carbocycles. The molecule has 94 valence electrons. The molecule has 0 aromatic rings. The second-order valence-corrected chi connectivity index (χ2v) is 3.76. The third-order valence-electron chi connectivity index (χ3n) is 2.14. The molecular formula is C13H24O3. The van der Waals surface area contributed by atoms with Crippen LogP contribution < -0.4 is 0 Å². The SMILES string of the molecule is CC/C=C\CCCCOOC(=O)CCCC. The van der Waals surface area contributed by atoms with E-state index in [0.717, 1.165) is 38.5 Å². The van der Waals surface area contributed by atoms with Crippen molar-refractivity contribution in [1.29, 1.82) is 0 Å². The highest BCUT2D eigenvalue weighted by Crippen LogP contribution is 2.00. The summed E-state index contributed by atoms with van der Waals surface area (Å²) in [6, 6.07) is 0. The van der Waals surface area contributed by atoms with Gasteiger partial charge in [0.05, 0.1) is 6.61 Å². The molecule has 0 saturated heterocycles. The largest absolute Gasteiger partial charge is 0.342 e. The summed E-state index contributed by atoms with van der Waals surface area (Å²) in [5.41, 5.74) is 0. The van der Waals surface area contributed by atoms with Crippen LogP contribution >= 0.6 is 0 Å². The quantitative estimate of drug-likeness (QED) is 0.247. The highest BCUT2D eigenvalue weighted by molar-refractivity contribution is 5.68. The molecule has 0 saturated carbocycles. The second-order valence-electron chi connectivity index (χ2n) is 3.76. The van der Waals surface area contributed by atoms with Crippen LogP contribution in [0.15, 0.2) is 12.2 Å². The minimum absolute atomic E-state index is 0.257. The van der Waals surface area contributed by atoms with E-state index in [0.29, 0.717) is 13.0 Å². The molecule has 16 heavy (non-hydrogen) atoms. The maximum atomic E-state index is 11.0. The van der Waals surface area contributed by atoms with Crippen molar-refractivity contribution in [3.05, 3.63) is 12.2 Å². The zero-order chi connectivity index (χ0) is 12.1. The van der Waals surface area contributed by atoms with Gasteiger partial charge in [0.1, 0.15) is 0 Å². The molecule has 3 heteroatoms. The smallest absolute Gasteiger partial charge is 0.298 e. The topological polar surface area (TPSA) is 35.5 Å². The summed E-state index contributed by atoms with van der Waals surface area (Å²) in [6.07, 6.45) is 10.8. The van der Waals surface area contributed by atoms with E-state index in [1.165, 1.54) is 0 Å². The number of hydrogen-bond acceptors (Lipinski definition) is 3. The van der Waals surface area contributed by atoms with Crippen molar-refractivity contribution in [2.75, 3.05) is 6.61 Å². The summed E-state index contributed by atoms with van der Waals surface area (Å²) < 4.78 is 0. The highest BCUT2D eigenvalue weighted by Gasteiger charge is 2.01. The Hall–Kier alpha value is -0.830. The Morgan fingerprint density at radius 2 is 1.94 bits per heavy atom. The summed E-state index contributed by atoms with van der Waals surface area (Å²) >= 11 is 0. The minimum Gasteiger partial charge on any atom is -0.298 e. The van der Waals surface area contributed by atoms with Crippen LogP contribution in [0.4, 0.5) is 0 Å². The van der Waals surface area contributed by atoms with Crippen molar-refractivity contribution >= 4 is 5.97 Å². The Bertz CT molecular complexity index is 188. The predicted molar refractivity (Wildman–Crippen MR) is 64.9 cm³/mol. The summed E-state index contributed by atoms with van der Waals surface area (Å²) in [5.74, 6) is -0.257. The van der Waals surface area contributed by atoms with Gasteiger partial charge in [-0.2, -0.15) is 4.89 Å². The third-order valence-corrected chi connectivity index (χ3v) is 2.14. The molecule has 0 radical (unpaired) electrons. The number of carbonyl (C=O) groups excluding carboxylic acids is 1. The maximum Gasteiger partial charge on any atom is 0.342 e. The lowest BCUT2D eigenvalue weighted by Gasteiger charge is -2.02. The minimum atomic E-state index is -0.257. The Labute approximate surface area is 98.7 Å². The second kappa shape index (κ2) is 12.2. The lowest BCUT2D eigenvalue weighted by molar-refractivity contribution is -0.272. The molecule has 0 fully saturated rings. The molecule has 0 unspecified atom stereocenters. The first-order valence-electron chi connectivity index (χ1n) is 6.28. The lowest BCUT2D eigenvalue weighted by atomic mass is 10.2. The van der Waals surface area contributed by atoms with Gasteiger partial charge in [0, 0.05) is 6.42 Å². The van der Waals surface area contributed by atoms with Gasteiger partial charge in [-0.1, -0.05) is 32.4 Å². The zero-order valence-corrected chi connectivity index (χ0v) is 10.5. The van der Waals surface area contributed by atoms with Gasteiger partial charge in [0.2, 0.25) is 0 Å². The van der Waals surface area contributed by atoms with E-state index < -0.39 is 0 Å². The zero-order valence-electron chi connectivity index (χ0n) is 10.5. The average Bonchev–Trinajstić information content (AvgIpc) is 2.30. The summed E-state index contributed by atoms with van der Waals surface area (Å²) in [5, 5.41) is 0. The van der Waals surface area contributed by atoms with Crippen molar-refractivity contribution in [1.82, 2.24) is 0 Å². The molecule has 0 spiro atoms. The van der Waals surface area contributed by atoms with Crippen LogP contribution in [0.1, 0.15) is 58.8 Å². The molecule has 0 rings (SSSR count). The van der Waals surface area contributed by atoms with Crippen molar-refractivity contribution in [2.24, 2.45) is 0 Å². The molecule has 3 nitrogen and oxygen atoms in total. The van der Waals surface area contributed by atoms with Crippen LogP contribution in [0.5, 0.6) is 0 Å². The van der Waals surface area contributed by atoms with Crippen LogP contribution in [-0.2, 0) is 14.6 Å². The molecular weight excluding hydrogens is 204 g/mol. The Morgan fingerprint density at radius 1 is 1.12 bits per heavy atom. The van der Waals surface area contributed by atoms with Gasteiger partial charge in [-0.05, 0) is 32.1 Å². The molecule has 0 aliphatic heterocycles. The fourth-order valence-corrected chi connectivity index (χ4v) is 1.18. The number of unbranched alkanes of at least 4 members (excludes halogenated alkanes) is 3. The normalized spacial score (nSPS) is 10.9. The van der Waals surface area contributed by atoms with E-state index in [1.807, 2.05) is 6.92 Å². The number of carbonyl (C=O) groups is 1. The standard InChI is InChI=1S/C13H24O3/c1-3-5-7-8-9-10-12-15-16-13(14)11-6-4-2/h5,7H,3-4,6,8-12H2,1-2H3/b7-5-. The first-order chi connectivity index (χ1) is 7.81. The van der Waals surface area contributed by atoms with Gasteiger partial charge in [-0.25, -0.2) is 4.79 Å². The maximum absolute atomic E-state index is 11.0. The van der Waals surface area contributed by atoms with Crippen LogP contribution in [0, 0.1) is 0 Å². The van der Waals surface area contributed by atoms with Gasteiger partial charge < -0.3 is 0 Å². The predicted octanol–water partition coefficient (Wildman–Crippen LogP) is 3.79. The Kier molecular flexibility index (Phi) is 11.6. The molecule has 0 aliphatic carbocycles. The van der Waals surface area contributed by atoms with Gasteiger partial charge in [-0.15, -0.1) is 0 Å². The monoisotopic (exact) mass is 228 g/mol. The number of allylic oxidation sites excluding steroid dienone is 2. The van der Waals surface area contributed by atoms with Crippen molar-refractivity contribution in [3.63, 3.8) is 0 Å². The Morgan fingerprint density at radius 3 is 2.62 bits per heavy atom. The molecule has 0 aliphatic rings. The van der Waals surface area contributed by atoms with Crippen LogP contribution in [0.2, 0.25) is 0 Å². The molecule has 0 amide bonds. The molecule has 0 aromatic heterocycles. The van der Waals surface area contributed by atoms with Gasteiger partial charge in [-0.3, -0.25) is 4.89 Å². The number of rotatable bonds is 10. The molecule has 0 bridgehead atoms. The first-order valence-corrected chi connectivity index (χ1v) is 6.28. The van der Waals surface area contributed by atoms with E-state index in [1.54, 1.807) is 0 Å². The van der Waals surface area contributed by atoms with E-state index in [2.05, 4.69) is 24.0 Å². The highest BCUT2D eigenvalue weighted by atomic mass is 17.2. The van der Waals surface area contributed by atoms with Gasteiger partial charge in [0.15, 0.2) is 0 Å². The summed E-state index contributed by atoms with van der Waals surface area (Å²) in [6.45, 7) is 4.66. The van der Waals surface area contributed by atoms with Gasteiger partial charge >= 0.3 is 5.97 Å². The average molecular weight is 228 g/mol. The van der Waals surface area contributed by atoms with E-state index in [9.17, 15) is 4.79 Å². The third kappa shape index (κ3) is 11.2. The molecule has 0 N–H and O–H groups in total. The fraction of sp³-hybridized carbons (Fsp3) is 0.769. The Balaban J connectivity index is 3.14. The van der Waals surface area contributed by atoms with Crippen LogP contribution in [0.3, 0.4) is 0 Å². The van der Waals surface area contributed by atoms with E-state index in [4.69, 9.17) is 4.89 Å². The van der Waals surface area contributed by atoms with Gasteiger partial charge in [0.25, 0.3) is 0 Å². The van der Waals surface area contributed by atoms with Crippen LogP contribution in [-0.4, -0.2) is 12.6 Å². The summed E-state index contributed by atoms with van der Waals surface area (Å²) in [4.78, 5) is 20.5. The molecule has 0 atom stereocenters. The number of hydrogen-bond donors (Lipinski definition) is 0. The fourth-order valence-electron chi connectivity index (χ4n) is 1.18. The van der Waals surface area contributed by atoms with Crippen LogP contribution in [0.25, 0.3) is 0 Å². The molecule has 0 heterocycles. The van der Waals surface area contributed by atoms with Crippen molar-refractivity contribution < 1.29 is 14.6 Å². The lowest BCUT2D eigenvalue weighted by Crippen LogP contribution is -2.06. The summed E-state index contributed by atoms with van der Waals surface area (Å²) in [7, 11) is 0. The van der Waals surface area contributed by atoms with Crippen molar-refractivity contribution in [2.45, 2.75) is 58.8 Å². The first kappa shape index (κ1) is 15.2.